The molecule has 0 saturated heterocycles. The predicted octanol–water partition coefficient (Wildman–Crippen LogP) is 3.18. The zero-order valence-electron chi connectivity index (χ0n) is 8.39. The maximum atomic E-state index is 6.14. The number of rotatable bonds is 3. The third kappa shape index (κ3) is 2.45. The van der Waals surface area contributed by atoms with Crippen LogP contribution in [0.1, 0.15) is 31.0 Å². The summed E-state index contributed by atoms with van der Waals surface area (Å²) >= 11 is 6.14. The molecule has 0 spiro atoms. The molecule has 1 aromatic rings. The van der Waals surface area contributed by atoms with E-state index >= 15 is 0 Å². The molecule has 0 saturated carbocycles. The van der Waals surface area contributed by atoms with Gasteiger partial charge in [-0.1, -0.05) is 30.7 Å². The standard InChI is InChI=1S/C11H16ClN/c1-4-9-5-6-10(8(2)13-3)11(12)7-9/h5-8,13H,4H2,1-3H3/t8-/m0/s1. The maximum absolute atomic E-state index is 6.14. The van der Waals surface area contributed by atoms with Crippen LogP contribution >= 0.6 is 11.6 Å². The molecule has 0 aliphatic carbocycles. The summed E-state index contributed by atoms with van der Waals surface area (Å²) in [6.45, 7) is 4.24. The largest absolute Gasteiger partial charge is 0.313 e. The van der Waals surface area contributed by atoms with Gasteiger partial charge in [0.1, 0.15) is 0 Å². The van der Waals surface area contributed by atoms with Crippen LogP contribution in [0.3, 0.4) is 0 Å². The molecule has 0 radical (unpaired) electrons. The van der Waals surface area contributed by atoms with Crippen LogP contribution in [0.15, 0.2) is 18.2 Å². The third-order valence-corrected chi connectivity index (χ3v) is 2.70. The van der Waals surface area contributed by atoms with Gasteiger partial charge in [0.05, 0.1) is 0 Å². The van der Waals surface area contributed by atoms with Crippen molar-refractivity contribution in [2.75, 3.05) is 7.05 Å². The van der Waals surface area contributed by atoms with E-state index in [-0.39, 0.29) is 0 Å². The van der Waals surface area contributed by atoms with Crippen LogP contribution < -0.4 is 5.32 Å². The highest BCUT2D eigenvalue weighted by atomic mass is 35.5. The summed E-state index contributed by atoms with van der Waals surface area (Å²) < 4.78 is 0. The summed E-state index contributed by atoms with van der Waals surface area (Å²) in [5.41, 5.74) is 2.46. The Kier molecular flexibility index (Phi) is 3.76. The molecule has 0 amide bonds. The van der Waals surface area contributed by atoms with Gasteiger partial charge >= 0.3 is 0 Å². The molecule has 2 heteroatoms. The van der Waals surface area contributed by atoms with Crippen molar-refractivity contribution < 1.29 is 0 Å². The second-order valence-electron chi connectivity index (χ2n) is 3.22. The molecule has 1 atom stereocenters. The van der Waals surface area contributed by atoms with Crippen LogP contribution in [0, 0.1) is 0 Å². The number of nitrogens with one attached hydrogen (secondary N) is 1. The summed E-state index contributed by atoms with van der Waals surface area (Å²) in [5, 5.41) is 4.04. The monoisotopic (exact) mass is 197 g/mol. The van der Waals surface area contributed by atoms with Crippen molar-refractivity contribution in [1.82, 2.24) is 5.32 Å². The first-order valence-electron chi connectivity index (χ1n) is 4.64. The molecule has 1 N–H and O–H groups in total. The van der Waals surface area contributed by atoms with Gasteiger partial charge in [-0.15, -0.1) is 0 Å². The molecule has 0 unspecified atom stereocenters. The Hall–Kier alpha value is -0.530. The first kappa shape index (κ1) is 10.6. The van der Waals surface area contributed by atoms with Crippen molar-refractivity contribution >= 4 is 11.6 Å². The number of hydrogen-bond acceptors (Lipinski definition) is 1. The highest BCUT2D eigenvalue weighted by molar-refractivity contribution is 6.31. The quantitative estimate of drug-likeness (QED) is 0.785. The van der Waals surface area contributed by atoms with Gasteiger partial charge in [0.15, 0.2) is 0 Å². The zero-order chi connectivity index (χ0) is 9.84. The Morgan fingerprint density at radius 1 is 1.46 bits per heavy atom. The van der Waals surface area contributed by atoms with Gasteiger partial charge in [0.2, 0.25) is 0 Å². The summed E-state index contributed by atoms with van der Waals surface area (Å²) in [7, 11) is 1.94. The molecular weight excluding hydrogens is 182 g/mol. The number of halogens is 1. The molecule has 13 heavy (non-hydrogen) atoms. The van der Waals surface area contributed by atoms with Gasteiger partial charge in [-0.25, -0.2) is 0 Å². The van der Waals surface area contributed by atoms with Crippen molar-refractivity contribution in [3.8, 4) is 0 Å². The predicted molar refractivity (Wildman–Crippen MR) is 58.3 cm³/mol. The fourth-order valence-electron chi connectivity index (χ4n) is 1.30. The fourth-order valence-corrected chi connectivity index (χ4v) is 1.66. The van der Waals surface area contributed by atoms with Crippen LogP contribution in [-0.4, -0.2) is 7.05 Å². The molecule has 1 nitrogen and oxygen atoms in total. The minimum absolute atomic E-state index is 0.318. The average molecular weight is 198 g/mol. The van der Waals surface area contributed by atoms with Crippen molar-refractivity contribution in [3.05, 3.63) is 34.3 Å². The van der Waals surface area contributed by atoms with Crippen LogP contribution in [0.2, 0.25) is 5.02 Å². The van der Waals surface area contributed by atoms with Crippen LogP contribution in [0.4, 0.5) is 0 Å². The minimum Gasteiger partial charge on any atom is -0.313 e. The van der Waals surface area contributed by atoms with Crippen molar-refractivity contribution in [2.45, 2.75) is 26.3 Å². The summed E-state index contributed by atoms with van der Waals surface area (Å²) in [6.07, 6.45) is 1.04. The van der Waals surface area contributed by atoms with E-state index < -0.39 is 0 Å². The van der Waals surface area contributed by atoms with E-state index in [1.807, 2.05) is 13.1 Å². The lowest BCUT2D eigenvalue weighted by Gasteiger charge is -2.13. The Balaban J connectivity index is 2.98. The SMILES string of the molecule is CCc1ccc([C@H](C)NC)c(Cl)c1. The van der Waals surface area contributed by atoms with Crippen molar-refractivity contribution in [1.29, 1.82) is 0 Å². The summed E-state index contributed by atoms with van der Waals surface area (Å²) in [4.78, 5) is 0. The Morgan fingerprint density at radius 2 is 2.15 bits per heavy atom. The van der Waals surface area contributed by atoms with Gasteiger partial charge < -0.3 is 5.32 Å². The Bertz CT molecular complexity index is 283. The number of benzene rings is 1. The van der Waals surface area contributed by atoms with E-state index in [0.29, 0.717) is 6.04 Å². The number of aryl methyl sites for hydroxylation is 1. The Labute approximate surface area is 85.1 Å². The Morgan fingerprint density at radius 3 is 2.62 bits per heavy atom. The van der Waals surface area contributed by atoms with E-state index in [2.05, 4.69) is 31.3 Å². The number of hydrogen-bond donors (Lipinski definition) is 1. The topological polar surface area (TPSA) is 12.0 Å². The molecule has 0 aliphatic rings. The molecule has 0 heterocycles. The third-order valence-electron chi connectivity index (χ3n) is 2.37. The van der Waals surface area contributed by atoms with E-state index in [1.54, 1.807) is 0 Å². The van der Waals surface area contributed by atoms with E-state index in [1.165, 1.54) is 11.1 Å². The average Bonchev–Trinajstić information content (AvgIpc) is 2.16. The maximum Gasteiger partial charge on any atom is 0.0456 e. The smallest absolute Gasteiger partial charge is 0.0456 e. The van der Waals surface area contributed by atoms with Gasteiger partial charge in [0, 0.05) is 11.1 Å². The summed E-state index contributed by atoms with van der Waals surface area (Å²) in [6, 6.07) is 6.60. The molecule has 0 fully saturated rings. The molecule has 1 aromatic carbocycles. The first-order valence-corrected chi connectivity index (χ1v) is 5.02. The van der Waals surface area contributed by atoms with Gasteiger partial charge in [-0.3, -0.25) is 0 Å². The molecule has 0 aromatic heterocycles. The van der Waals surface area contributed by atoms with E-state index in [4.69, 9.17) is 11.6 Å². The molecule has 0 aliphatic heterocycles. The lowest BCUT2D eigenvalue weighted by molar-refractivity contribution is 0.652. The second-order valence-corrected chi connectivity index (χ2v) is 3.63. The molecule has 1 rings (SSSR count). The van der Waals surface area contributed by atoms with Crippen LogP contribution in [0.5, 0.6) is 0 Å². The second kappa shape index (κ2) is 4.64. The molecular formula is C11H16ClN. The fraction of sp³-hybridized carbons (Fsp3) is 0.455. The normalized spacial score (nSPS) is 12.9. The van der Waals surface area contributed by atoms with E-state index in [9.17, 15) is 0 Å². The lowest BCUT2D eigenvalue weighted by Crippen LogP contribution is -2.12. The molecule has 72 valence electrons. The molecule has 0 bridgehead atoms. The highest BCUT2D eigenvalue weighted by Gasteiger charge is 2.06. The van der Waals surface area contributed by atoms with Crippen molar-refractivity contribution in [2.24, 2.45) is 0 Å². The van der Waals surface area contributed by atoms with Gasteiger partial charge in [-0.05, 0) is 37.6 Å². The zero-order valence-corrected chi connectivity index (χ0v) is 9.15. The van der Waals surface area contributed by atoms with Crippen LogP contribution in [0.25, 0.3) is 0 Å². The van der Waals surface area contributed by atoms with Crippen molar-refractivity contribution in [3.63, 3.8) is 0 Å². The van der Waals surface area contributed by atoms with Gasteiger partial charge in [0.25, 0.3) is 0 Å². The highest BCUT2D eigenvalue weighted by Crippen LogP contribution is 2.23. The van der Waals surface area contributed by atoms with E-state index in [0.717, 1.165) is 11.4 Å². The summed E-state index contributed by atoms with van der Waals surface area (Å²) in [5.74, 6) is 0. The minimum atomic E-state index is 0.318. The van der Waals surface area contributed by atoms with Gasteiger partial charge in [-0.2, -0.15) is 0 Å². The lowest BCUT2D eigenvalue weighted by atomic mass is 10.1. The van der Waals surface area contributed by atoms with Crippen LogP contribution in [-0.2, 0) is 6.42 Å². The first-order chi connectivity index (χ1) is 6.19.